The molecule has 1 amide bonds. The van der Waals surface area contributed by atoms with Gasteiger partial charge in [-0.3, -0.25) is 9.69 Å². The van der Waals surface area contributed by atoms with Gasteiger partial charge in [0, 0.05) is 49.7 Å². The molecule has 1 aromatic heterocycles. The van der Waals surface area contributed by atoms with Crippen LogP contribution in [0.3, 0.4) is 0 Å². The van der Waals surface area contributed by atoms with E-state index in [-0.39, 0.29) is 49.0 Å². The average Bonchev–Trinajstić information content (AvgIpc) is 3.21. The zero-order valence-corrected chi connectivity index (χ0v) is 18.0. The molecule has 1 aromatic carbocycles. The Hall–Kier alpha value is -1.91. The highest BCUT2D eigenvalue weighted by Crippen LogP contribution is 2.32. The Balaban J connectivity index is 1.48. The van der Waals surface area contributed by atoms with Gasteiger partial charge in [0.15, 0.2) is 9.84 Å². The second kappa shape index (κ2) is 8.32. The number of aromatic nitrogens is 1. The summed E-state index contributed by atoms with van der Waals surface area (Å²) in [5.74, 6) is -2.93. The molecule has 0 N–H and O–H groups in total. The molecule has 0 spiro atoms. The van der Waals surface area contributed by atoms with Crippen molar-refractivity contribution < 1.29 is 22.0 Å². The summed E-state index contributed by atoms with van der Waals surface area (Å²) in [5, 5.41) is 2.28. The van der Waals surface area contributed by atoms with Crippen LogP contribution in [0.2, 0.25) is 0 Å². The Labute approximate surface area is 178 Å². The number of piperidine rings is 1. The molecule has 4 rings (SSSR count). The second-order valence-corrected chi connectivity index (χ2v) is 10.7. The lowest BCUT2D eigenvalue weighted by atomic mass is 10.0. The summed E-state index contributed by atoms with van der Waals surface area (Å²) in [7, 11) is -3.52. The molecule has 2 aliphatic rings. The predicted octanol–water partition coefficient (Wildman–Crippen LogP) is 3.13. The van der Waals surface area contributed by atoms with Gasteiger partial charge in [0.1, 0.15) is 10.8 Å². The summed E-state index contributed by atoms with van der Waals surface area (Å²) in [6.45, 7) is 1.04. The maximum atomic E-state index is 13.3. The number of alkyl halides is 2. The molecule has 0 atom stereocenters. The SMILES string of the molecule is O=C(CN1CCC(F)(F)CC1)N1CCCc2cc(S(=O)(=O)Cc3nccs3)ccc21. The van der Waals surface area contributed by atoms with Gasteiger partial charge in [-0.1, -0.05) is 0 Å². The first-order chi connectivity index (χ1) is 14.2. The number of anilines is 1. The molecule has 162 valence electrons. The zero-order chi connectivity index (χ0) is 21.4. The van der Waals surface area contributed by atoms with Crippen LogP contribution in [0.5, 0.6) is 0 Å². The summed E-state index contributed by atoms with van der Waals surface area (Å²) in [6, 6.07) is 4.87. The zero-order valence-electron chi connectivity index (χ0n) is 16.4. The number of fused-ring (bicyclic) bond motifs is 1. The number of nitrogens with zero attached hydrogens (tertiary/aromatic N) is 3. The van der Waals surface area contributed by atoms with Crippen LogP contribution in [-0.4, -0.2) is 56.3 Å². The lowest BCUT2D eigenvalue weighted by Crippen LogP contribution is -2.47. The van der Waals surface area contributed by atoms with E-state index in [4.69, 9.17) is 0 Å². The third kappa shape index (κ3) is 4.70. The maximum absolute atomic E-state index is 13.3. The summed E-state index contributed by atoms with van der Waals surface area (Å²) in [5.41, 5.74) is 1.53. The van der Waals surface area contributed by atoms with Crippen molar-refractivity contribution in [1.29, 1.82) is 0 Å². The van der Waals surface area contributed by atoms with Crippen LogP contribution < -0.4 is 4.90 Å². The quantitative estimate of drug-likeness (QED) is 0.693. The van der Waals surface area contributed by atoms with E-state index in [0.29, 0.717) is 23.7 Å². The summed E-state index contributed by atoms with van der Waals surface area (Å²) < 4.78 is 52.2. The number of hydrogen-bond donors (Lipinski definition) is 0. The van der Waals surface area contributed by atoms with Crippen LogP contribution >= 0.6 is 11.3 Å². The molecule has 2 aliphatic heterocycles. The predicted molar refractivity (Wildman–Crippen MR) is 111 cm³/mol. The lowest BCUT2D eigenvalue weighted by molar-refractivity contribution is -0.122. The van der Waals surface area contributed by atoms with Crippen molar-refractivity contribution in [3.63, 3.8) is 0 Å². The fourth-order valence-corrected chi connectivity index (χ4v) is 6.21. The van der Waals surface area contributed by atoms with Crippen molar-refractivity contribution in [2.45, 2.75) is 42.3 Å². The third-order valence-electron chi connectivity index (χ3n) is 5.57. The highest BCUT2D eigenvalue weighted by molar-refractivity contribution is 7.90. The number of amides is 1. The molecule has 3 heterocycles. The standard InChI is InChI=1S/C20H23F2N3O3S2/c21-20(22)5-9-24(10-6-20)13-19(26)25-8-1-2-15-12-16(3-4-17(15)25)30(27,28)14-18-23-7-11-29-18/h3-4,7,11-12H,1-2,5-6,8-10,13-14H2. The molecule has 1 fully saturated rings. The van der Waals surface area contributed by atoms with Crippen molar-refractivity contribution in [3.8, 4) is 0 Å². The highest BCUT2D eigenvalue weighted by Gasteiger charge is 2.35. The number of carbonyl (C=O) groups excluding carboxylic acids is 1. The van der Waals surface area contributed by atoms with Gasteiger partial charge in [0.2, 0.25) is 5.91 Å². The van der Waals surface area contributed by atoms with E-state index in [1.807, 2.05) is 0 Å². The van der Waals surface area contributed by atoms with Crippen molar-refractivity contribution in [2.75, 3.05) is 31.1 Å². The molecule has 1 saturated heterocycles. The Kier molecular flexibility index (Phi) is 5.91. The van der Waals surface area contributed by atoms with E-state index in [1.54, 1.807) is 33.5 Å². The fraction of sp³-hybridized carbons (Fsp3) is 0.500. The van der Waals surface area contributed by atoms with Gasteiger partial charge in [0.05, 0.1) is 11.4 Å². The molecule has 6 nitrogen and oxygen atoms in total. The Morgan fingerprint density at radius 3 is 2.67 bits per heavy atom. The largest absolute Gasteiger partial charge is 0.311 e. The van der Waals surface area contributed by atoms with Crippen LogP contribution in [0.1, 0.15) is 29.8 Å². The number of aryl methyl sites for hydroxylation is 1. The lowest BCUT2D eigenvalue weighted by Gasteiger charge is -2.34. The Morgan fingerprint density at radius 1 is 1.20 bits per heavy atom. The molecule has 0 radical (unpaired) electrons. The van der Waals surface area contributed by atoms with Crippen LogP contribution in [0.15, 0.2) is 34.7 Å². The minimum Gasteiger partial charge on any atom is -0.311 e. The van der Waals surface area contributed by atoms with Crippen molar-refractivity contribution in [1.82, 2.24) is 9.88 Å². The number of benzene rings is 1. The molecule has 0 bridgehead atoms. The first-order valence-electron chi connectivity index (χ1n) is 9.88. The summed E-state index contributed by atoms with van der Waals surface area (Å²) in [6.07, 6.45) is 2.55. The van der Waals surface area contributed by atoms with Gasteiger partial charge in [0.25, 0.3) is 5.92 Å². The number of likely N-dealkylation sites (tertiary alicyclic amines) is 1. The number of halogens is 2. The molecule has 10 heteroatoms. The van der Waals surface area contributed by atoms with Gasteiger partial charge < -0.3 is 4.90 Å². The topological polar surface area (TPSA) is 70.6 Å². The van der Waals surface area contributed by atoms with Gasteiger partial charge in [-0.05, 0) is 36.6 Å². The molecular weight excluding hydrogens is 432 g/mol. The molecule has 0 unspecified atom stereocenters. The molecule has 0 aliphatic carbocycles. The van der Waals surface area contributed by atoms with Crippen molar-refractivity contribution in [3.05, 3.63) is 40.3 Å². The van der Waals surface area contributed by atoms with E-state index >= 15 is 0 Å². The van der Waals surface area contributed by atoms with E-state index in [0.717, 1.165) is 12.0 Å². The number of thiazole rings is 1. The van der Waals surface area contributed by atoms with Crippen LogP contribution in [0.4, 0.5) is 14.5 Å². The Bertz CT molecular complexity index is 1020. The highest BCUT2D eigenvalue weighted by atomic mass is 32.2. The Morgan fingerprint density at radius 2 is 1.97 bits per heavy atom. The smallest absolute Gasteiger partial charge is 0.250 e. The molecular formula is C20H23F2N3O3S2. The maximum Gasteiger partial charge on any atom is 0.250 e. The number of hydrogen-bond acceptors (Lipinski definition) is 6. The van der Waals surface area contributed by atoms with E-state index in [2.05, 4.69) is 4.98 Å². The first-order valence-corrected chi connectivity index (χ1v) is 12.4. The van der Waals surface area contributed by atoms with Gasteiger partial charge in [-0.15, -0.1) is 11.3 Å². The van der Waals surface area contributed by atoms with Crippen LogP contribution in [0, 0.1) is 0 Å². The monoisotopic (exact) mass is 455 g/mol. The van der Waals surface area contributed by atoms with E-state index in [1.165, 1.54) is 17.4 Å². The summed E-state index contributed by atoms with van der Waals surface area (Å²) >= 11 is 1.30. The van der Waals surface area contributed by atoms with Gasteiger partial charge in [-0.25, -0.2) is 22.2 Å². The molecule has 0 saturated carbocycles. The van der Waals surface area contributed by atoms with Crippen LogP contribution in [-0.2, 0) is 26.8 Å². The molecule has 2 aromatic rings. The fourth-order valence-electron chi connectivity index (χ4n) is 3.91. The first kappa shape index (κ1) is 21.3. The van der Waals surface area contributed by atoms with Crippen molar-refractivity contribution in [2.24, 2.45) is 0 Å². The normalized spacial score (nSPS) is 19.5. The van der Waals surface area contributed by atoms with Crippen molar-refractivity contribution >= 4 is 32.8 Å². The second-order valence-electron chi connectivity index (χ2n) is 7.76. The average molecular weight is 456 g/mol. The van der Waals surface area contributed by atoms with E-state index < -0.39 is 15.8 Å². The van der Waals surface area contributed by atoms with Crippen LogP contribution in [0.25, 0.3) is 0 Å². The van der Waals surface area contributed by atoms with E-state index in [9.17, 15) is 22.0 Å². The minimum atomic E-state index is -3.52. The number of rotatable bonds is 5. The summed E-state index contributed by atoms with van der Waals surface area (Å²) in [4.78, 5) is 20.6. The number of carbonyl (C=O) groups is 1. The third-order valence-corrected chi connectivity index (χ3v) is 8.16. The molecule has 30 heavy (non-hydrogen) atoms. The van der Waals surface area contributed by atoms with Gasteiger partial charge in [-0.2, -0.15) is 0 Å². The number of sulfone groups is 1. The van der Waals surface area contributed by atoms with Gasteiger partial charge >= 0.3 is 0 Å². The minimum absolute atomic E-state index is 0.0968.